The Morgan fingerprint density at radius 2 is 1.73 bits per heavy atom. The van der Waals surface area contributed by atoms with Gasteiger partial charge in [-0.1, -0.05) is 42.0 Å². The Kier molecular flexibility index (Phi) is 6.75. The molecule has 0 atom stereocenters. The number of nitrogens with zero attached hydrogens (tertiary/aromatic N) is 2. The van der Waals surface area contributed by atoms with Crippen LogP contribution >= 0.6 is 0 Å². The minimum absolute atomic E-state index is 0.251. The molecular formula is C23H23N3O4. The molecule has 0 radical (unpaired) electrons. The Hall–Kier alpha value is -3.74. The van der Waals surface area contributed by atoms with E-state index in [1.165, 1.54) is 0 Å². The number of hydrogen-bond acceptors (Lipinski definition) is 6. The average Bonchev–Trinajstić information content (AvgIpc) is 2.73. The van der Waals surface area contributed by atoms with Gasteiger partial charge in [-0.3, -0.25) is 4.79 Å². The second-order valence-electron chi connectivity index (χ2n) is 6.64. The number of carbonyl (C=O) groups is 2. The molecule has 0 saturated heterocycles. The second-order valence-corrected chi connectivity index (χ2v) is 6.64. The molecule has 1 amide bonds. The standard InChI is InChI=1S/C23H23N3O4/c1-4-29-23(28)18-7-5-6-8-19(18)25-20(27)14-30-21-13-16(3)24-22(26-21)17-11-9-15(2)10-12-17/h5-13H,4,14H2,1-3H3,(H,25,27). The molecule has 1 heterocycles. The molecule has 154 valence electrons. The molecule has 0 saturated carbocycles. The lowest BCUT2D eigenvalue weighted by molar-refractivity contribution is -0.118. The van der Waals surface area contributed by atoms with Crippen LogP contribution < -0.4 is 10.1 Å². The Morgan fingerprint density at radius 3 is 2.47 bits per heavy atom. The predicted octanol–water partition coefficient (Wildman–Crippen LogP) is 3.95. The first-order valence-corrected chi connectivity index (χ1v) is 9.58. The summed E-state index contributed by atoms with van der Waals surface area (Å²) in [6.07, 6.45) is 0. The molecule has 1 aromatic heterocycles. The van der Waals surface area contributed by atoms with E-state index in [2.05, 4.69) is 15.3 Å². The number of aromatic nitrogens is 2. The van der Waals surface area contributed by atoms with Gasteiger partial charge in [-0.05, 0) is 32.9 Å². The number of para-hydroxylation sites is 1. The van der Waals surface area contributed by atoms with Crippen LogP contribution in [-0.4, -0.2) is 35.1 Å². The van der Waals surface area contributed by atoms with Gasteiger partial charge in [-0.2, -0.15) is 4.98 Å². The van der Waals surface area contributed by atoms with E-state index in [9.17, 15) is 9.59 Å². The SMILES string of the molecule is CCOC(=O)c1ccccc1NC(=O)COc1cc(C)nc(-c2ccc(C)cc2)n1. The first kappa shape index (κ1) is 21.0. The van der Waals surface area contributed by atoms with Crippen molar-refractivity contribution in [2.45, 2.75) is 20.8 Å². The molecule has 7 heteroatoms. The van der Waals surface area contributed by atoms with Gasteiger partial charge >= 0.3 is 5.97 Å². The lowest BCUT2D eigenvalue weighted by atomic mass is 10.1. The summed E-state index contributed by atoms with van der Waals surface area (Å²) in [5.74, 6) is -0.0895. The number of anilines is 1. The van der Waals surface area contributed by atoms with Gasteiger partial charge in [-0.15, -0.1) is 0 Å². The van der Waals surface area contributed by atoms with Crippen molar-refractivity contribution in [1.82, 2.24) is 9.97 Å². The molecule has 0 fully saturated rings. The minimum Gasteiger partial charge on any atom is -0.467 e. The van der Waals surface area contributed by atoms with Crippen LogP contribution in [0.5, 0.6) is 5.88 Å². The van der Waals surface area contributed by atoms with Crippen LogP contribution in [0.4, 0.5) is 5.69 Å². The van der Waals surface area contributed by atoms with Crippen LogP contribution in [0.3, 0.4) is 0 Å². The monoisotopic (exact) mass is 405 g/mol. The molecule has 1 N–H and O–H groups in total. The highest BCUT2D eigenvalue weighted by Gasteiger charge is 2.15. The zero-order chi connectivity index (χ0) is 21.5. The molecule has 30 heavy (non-hydrogen) atoms. The van der Waals surface area contributed by atoms with Gasteiger partial charge in [0.15, 0.2) is 12.4 Å². The molecule has 7 nitrogen and oxygen atoms in total. The first-order chi connectivity index (χ1) is 14.5. The third-order valence-electron chi connectivity index (χ3n) is 4.19. The lowest BCUT2D eigenvalue weighted by Gasteiger charge is -2.11. The fourth-order valence-corrected chi connectivity index (χ4v) is 2.75. The molecule has 0 spiro atoms. The maximum absolute atomic E-state index is 12.4. The number of benzene rings is 2. The molecular weight excluding hydrogens is 382 g/mol. The fourth-order valence-electron chi connectivity index (χ4n) is 2.75. The minimum atomic E-state index is -0.497. The van der Waals surface area contributed by atoms with Crippen molar-refractivity contribution >= 4 is 17.6 Å². The van der Waals surface area contributed by atoms with Crippen LogP contribution in [0.25, 0.3) is 11.4 Å². The third kappa shape index (κ3) is 5.41. The van der Waals surface area contributed by atoms with E-state index in [1.807, 2.05) is 38.1 Å². The van der Waals surface area contributed by atoms with E-state index in [0.717, 1.165) is 16.8 Å². The Morgan fingerprint density at radius 1 is 1.00 bits per heavy atom. The molecule has 3 rings (SSSR count). The summed E-state index contributed by atoms with van der Waals surface area (Å²) in [7, 11) is 0. The molecule has 3 aromatic rings. The number of carbonyl (C=O) groups excluding carboxylic acids is 2. The molecule has 2 aromatic carbocycles. The number of rotatable bonds is 7. The molecule has 0 unspecified atom stereocenters. The summed E-state index contributed by atoms with van der Waals surface area (Å²) in [5.41, 5.74) is 3.38. The highest BCUT2D eigenvalue weighted by Crippen LogP contribution is 2.20. The maximum Gasteiger partial charge on any atom is 0.340 e. The number of amides is 1. The van der Waals surface area contributed by atoms with E-state index in [-0.39, 0.29) is 18.8 Å². The summed E-state index contributed by atoms with van der Waals surface area (Å²) >= 11 is 0. The maximum atomic E-state index is 12.4. The summed E-state index contributed by atoms with van der Waals surface area (Å²) in [6, 6.07) is 16.2. The van der Waals surface area contributed by atoms with Crippen LogP contribution in [0.1, 0.15) is 28.5 Å². The topological polar surface area (TPSA) is 90.4 Å². The van der Waals surface area contributed by atoms with Crippen molar-refractivity contribution < 1.29 is 19.1 Å². The number of esters is 1. The van der Waals surface area contributed by atoms with Crippen molar-refractivity contribution in [1.29, 1.82) is 0 Å². The van der Waals surface area contributed by atoms with Crippen LogP contribution in [0.15, 0.2) is 54.6 Å². The van der Waals surface area contributed by atoms with Gasteiger partial charge in [0.1, 0.15) is 0 Å². The van der Waals surface area contributed by atoms with Crippen molar-refractivity contribution in [2.24, 2.45) is 0 Å². The predicted molar refractivity (Wildman–Crippen MR) is 113 cm³/mol. The summed E-state index contributed by atoms with van der Waals surface area (Å²) in [6.45, 7) is 5.55. The largest absolute Gasteiger partial charge is 0.467 e. The zero-order valence-corrected chi connectivity index (χ0v) is 17.1. The Labute approximate surface area is 175 Å². The Balaban J connectivity index is 1.68. The van der Waals surface area contributed by atoms with E-state index >= 15 is 0 Å². The molecule has 0 aliphatic rings. The van der Waals surface area contributed by atoms with Crippen LogP contribution in [0.2, 0.25) is 0 Å². The van der Waals surface area contributed by atoms with Gasteiger partial charge in [0, 0.05) is 17.3 Å². The van der Waals surface area contributed by atoms with Crippen molar-refractivity contribution in [3.63, 3.8) is 0 Å². The highest BCUT2D eigenvalue weighted by atomic mass is 16.5. The molecule has 0 aliphatic carbocycles. The van der Waals surface area contributed by atoms with Gasteiger partial charge < -0.3 is 14.8 Å². The third-order valence-corrected chi connectivity index (χ3v) is 4.19. The van der Waals surface area contributed by atoms with Crippen molar-refractivity contribution in [3.05, 3.63) is 71.4 Å². The Bertz CT molecular complexity index is 1050. The van der Waals surface area contributed by atoms with Crippen molar-refractivity contribution in [3.8, 4) is 17.3 Å². The lowest BCUT2D eigenvalue weighted by Crippen LogP contribution is -2.22. The zero-order valence-electron chi connectivity index (χ0n) is 17.1. The quantitative estimate of drug-likeness (QED) is 0.599. The first-order valence-electron chi connectivity index (χ1n) is 9.58. The summed E-state index contributed by atoms with van der Waals surface area (Å²) in [4.78, 5) is 33.2. The van der Waals surface area contributed by atoms with Gasteiger partial charge in [-0.25, -0.2) is 9.78 Å². The molecule has 0 bridgehead atoms. The van der Waals surface area contributed by atoms with Gasteiger partial charge in [0.05, 0.1) is 17.9 Å². The van der Waals surface area contributed by atoms with E-state index < -0.39 is 11.9 Å². The van der Waals surface area contributed by atoms with E-state index in [0.29, 0.717) is 17.4 Å². The number of aryl methyl sites for hydroxylation is 2. The second kappa shape index (κ2) is 9.65. The van der Waals surface area contributed by atoms with Gasteiger partial charge in [0.2, 0.25) is 5.88 Å². The van der Waals surface area contributed by atoms with E-state index in [4.69, 9.17) is 9.47 Å². The molecule has 0 aliphatic heterocycles. The highest BCUT2D eigenvalue weighted by molar-refractivity contribution is 6.01. The van der Waals surface area contributed by atoms with Gasteiger partial charge in [0.25, 0.3) is 5.91 Å². The summed E-state index contributed by atoms with van der Waals surface area (Å²) < 4.78 is 10.6. The van der Waals surface area contributed by atoms with Crippen molar-refractivity contribution in [2.75, 3.05) is 18.5 Å². The van der Waals surface area contributed by atoms with E-state index in [1.54, 1.807) is 37.3 Å². The normalized spacial score (nSPS) is 10.4. The number of ether oxygens (including phenoxy) is 2. The summed E-state index contributed by atoms with van der Waals surface area (Å²) in [5, 5.41) is 2.68. The number of hydrogen-bond donors (Lipinski definition) is 1. The fraction of sp³-hybridized carbons (Fsp3) is 0.217. The van der Waals surface area contributed by atoms with Crippen LogP contribution in [-0.2, 0) is 9.53 Å². The van der Waals surface area contributed by atoms with Crippen LogP contribution in [0, 0.1) is 13.8 Å². The average molecular weight is 405 g/mol. The number of nitrogens with one attached hydrogen (secondary N) is 1. The smallest absolute Gasteiger partial charge is 0.340 e.